The highest BCUT2D eigenvalue weighted by molar-refractivity contribution is 5.84. The van der Waals surface area contributed by atoms with Crippen molar-refractivity contribution in [2.75, 3.05) is 7.05 Å². The zero-order chi connectivity index (χ0) is 14.9. The van der Waals surface area contributed by atoms with Crippen molar-refractivity contribution in [1.29, 1.82) is 0 Å². The summed E-state index contributed by atoms with van der Waals surface area (Å²) >= 11 is 0. The molecule has 1 fully saturated rings. The molecule has 1 aromatic heterocycles. The Morgan fingerprint density at radius 1 is 1.24 bits per heavy atom. The number of aromatic nitrogens is 1. The normalized spacial score (nSPS) is 24.9. The van der Waals surface area contributed by atoms with Crippen molar-refractivity contribution in [3.8, 4) is 5.75 Å². The summed E-state index contributed by atoms with van der Waals surface area (Å²) in [6.45, 7) is 4.66. The Bertz CT molecular complexity index is 618. The molecular weight excluding hydrogens is 260 g/mol. The number of fused-ring (bicyclic) bond motifs is 1. The van der Waals surface area contributed by atoms with Crippen molar-refractivity contribution in [2.24, 2.45) is 5.41 Å². The molecule has 0 aliphatic heterocycles. The number of ether oxygens (including phenoxy) is 1. The first-order valence-electron chi connectivity index (χ1n) is 7.77. The monoisotopic (exact) mass is 284 g/mol. The van der Waals surface area contributed by atoms with Crippen molar-refractivity contribution in [2.45, 2.75) is 45.3 Å². The zero-order valence-electron chi connectivity index (χ0n) is 13.1. The van der Waals surface area contributed by atoms with Crippen LogP contribution in [0.15, 0.2) is 36.5 Å². The molecule has 21 heavy (non-hydrogen) atoms. The van der Waals surface area contributed by atoms with Gasteiger partial charge in [0.05, 0.1) is 0 Å². The van der Waals surface area contributed by atoms with Crippen molar-refractivity contribution in [1.82, 2.24) is 10.3 Å². The molecule has 2 aromatic rings. The molecule has 0 spiro atoms. The lowest BCUT2D eigenvalue weighted by atomic mass is 9.74. The van der Waals surface area contributed by atoms with Crippen molar-refractivity contribution >= 4 is 10.9 Å². The maximum Gasteiger partial charge on any atom is 0.146 e. The van der Waals surface area contributed by atoms with E-state index in [1.54, 1.807) is 0 Å². The van der Waals surface area contributed by atoms with Gasteiger partial charge in [0, 0.05) is 17.6 Å². The second-order valence-corrected chi connectivity index (χ2v) is 6.79. The molecule has 2 atom stereocenters. The molecule has 1 aromatic carbocycles. The Morgan fingerprint density at radius 3 is 2.86 bits per heavy atom. The molecule has 1 aliphatic carbocycles. The molecule has 112 valence electrons. The minimum atomic E-state index is 0.200. The quantitative estimate of drug-likeness (QED) is 0.931. The van der Waals surface area contributed by atoms with Crippen LogP contribution < -0.4 is 10.1 Å². The fourth-order valence-corrected chi connectivity index (χ4v) is 3.31. The van der Waals surface area contributed by atoms with Gasteiger partial charge in [-0.3, -0.25) is 4.98 Å². The van der Waals surface area contributed by atoms with Crippen molar-refractivity contribution in [3.63, 3.8) is 0 Å². The van der Waals surface area contributed by atoms with E-state index < -0.39 is 0 Å². The second kappa shape index (κ2) is 5.64. The maximum absolute atomic E-state index is 6.38. The van der Waals surface area contributed by atoms with E-state index in [0.717, 1.165) is 29.5 Å². The number of nitrogens with zero attached hydrogens (tertiary/aromatic N) is 1. The van der Waals surface area contributed by atoms with E-state index in [1.807, 2.05) is 31.4 Å². The van der Waals surface area contributed by atoms with Gasteiger partial charge in [-0.25, -0.2) is 0 Å². The Hall–Kier alpha value is -1.61. The van der Waals surface area contributed by atoms with Crippen LogP contribution in [0.3, 0.4) is 0 Å². The van der Waals surface area contributed by atoms with E-state index in [2.05, 4.69) is 36.3 Å². The molecule has 1 aliphatic rings. The number of para-hydroxylation sites is 1. The highest BCUT2D eigenvalue weighted by atomic mass is 16.5. The predicted octanol–water partition coefficient (Wildman–Crippen LogP) is 3.78. The van der Waals surface area contributed by atoms with Crippen LogP contribution in [-0.2, 0) is 0 Å². The van der Waals surface area contributed by atoms with Gasteiger partial charge < -0.3 is 10.1 Å². The highest BCUT2D eigenvalue weighted by Gasteiger charge is 2.35. The van der Waals surface area contributed by atoms with Crippen LogP contribution >= 0.6 is 0 Å². The van der Waals surface area contributed by atoms with Gasteiger partial charge in [-0.15, -0.1) is 0 Å². The van der Waals surface area contributed by atoms with Crippen LogP contribution in [0.4, 0.5) is 0 Å². The average molecular weight is 284 g/mol. The van der Waals surface area contributed by atoms with Crippen LogP contribution in [0.25, 0.3) is 10.9 Å². The molecule has 1 saturated carbocycles. The molecule has 0 bridgehead atoms. The Morgan fingerprint density at radius 2 is 2.05 bits per heavy atom. The minimum Gasteiger partial charge on any atom is -0.486 e. The zero-order valence-corrected chi connectivity index (χ0v) is 13.1. The third-order valence-corrected chi connectivity index (χ3v) is 4.58. The van der Waals surface area contributed by atoms with Gasteiger partial charge in [-0.05, 0) is 43.9 Å². The molecule has 0 saturated heterocycles. The van der Waals surface area contributed by atoms with E-state index >= 15 is 0 Å². The summed E-state index contributed by atoms with van der Waals surface area (Å²) in [4.78, 5) is 4.49. The smallest absolute Gasteiger partial charge is 0.146 e. The van der Waals surface area contributed by atoms with Gasteiger partial charge in [-0.2, -0.15) is 0 Å². The number of pyridine rings is 1. The molecule has 2 unspecified atom stereocenters. The third kappa shape index (κ3) is 3.03. The van der Waals surface area contributed by atoms with E-state index in [9.17, 15) is 0 Å². The van der Waals surface area contributed by atoms with Gasteiger partial charge in [0.2, 0.25) is 0 Å². The van der Waals surface area contributed by atoms with E-state index in [0.29, 0.717) is 11.5 Å². The SMILES string of the molecule is CNC1CCC(C)(C)CC1Oc1cccc2cccnc12. The Labute approximate surface area is 126 Å². The molecule has 3 rings (SSSR count). The van der Waals surface area contributed by atoms with Crippen LogP contribution in [0, 0.1) is 5.41 Å². The average Bonchev–Trinajstić information content (AvgIpc) is 2.47. The Kier molecular flexibility index (Phi) is 3.85. The van der Waals surface area contributed by atoms with E-state index in [4.69, 9.17) is 4.74 Å². The van der Waals surface area contributed by atoms with Gasteiger partial charge >= 0.3 is 0 Å². The fraction of sp³-hybridized carbons (Fsp3) is 0.500. The first kappa shape index (κ1) is 14.3. The largest absolute Gasteiger partial charge is 0.486 e. The lowest BCUT2D eigenvalue weighted by Gasteiger charge is -2.40. The van der Waals surface area contributed by atoms with Crippen LogP contribution in [0.1, 0.15) is 33.1 Å². The molecule has 1 N–H and O–H groups in total. The van der Waals surface area contributed by atoms with Crippen LogP contribution in [0.2, 0.25) is 0 Å². The van der Waals surface area contributed by atoms with Gasteiger partial charge in [0.1, 0.15) is 17.4 Å². The number of rotatable bonds is 3. The van der Waals surface area contributed by atoms with Gasteiger partial charge in [-0.1, -0.05) is 32.0 Å². The van der Waals surface area contributed by atoms with E-state index in [1.165, 1.54) is 6.42 Å². The maximum atomic E-state index is 6.38. The van der Waals surface area contributed by atoms with Crippen LogP contribution in [0.5, 0.6) is 5.75 Å². The number of benzene rings is 1. The first-order chi connectivity index (χ1) is 10.1. The van der Waals surface area contributed by atoms with Crippen molar-refractivity contribution in [3.05, 3.63) is 36.5 Å². The predicted molar refractivity (Wildman–Crippen MR) is 86.6 cm³/mol. The van der Waals surface area contributed by atoms with Gasteiger partial charge in [0.25, 0.3) is 0 Å². The van der Waals surface area contributed by atoms with E-state index in [-0.39, 0.29) is 6.10 Å². The molecule has 0 amide bonds. The molecule has 3 heteroatoms. The van der Waals surface area contributed by atoms with Gasteiger partial charge in [0.15, 0.2) is 0 Å². The standard InChI is InChI=1S/C18H24N2O/c1-18(2)10-9-14(19-3)16(12-18)21-15-8-4-6-13-7-5-11-20-17(13)15/h4-8,11,14,16,19H,9-10,12H2,1-3H3. The highest BCUT2D eigenvalue weighted by Crippen LogP contribution is 2.37. The van der Waals surface area contributed by atoms with Crippen LogP contribution in [-0.4, -0.2) is 24.2 Å². The topological polar surface area (TPSA) is 34.1 Å². The molecule has 1 heterocycles. The summed E-state index contributed by atoms with van der Waals surface area (Å²) in [6, 6.07) is 10.6. The van der Waals surface area contributed by atoms with Crippen molar-refractivity contribution < 1.29 is 4.74 Å². The molecular formula is C18H24N2O. The summed E-state index contributed by atoms with van der Waals surface area (Å²) in [5.41, 5.74) is 1.30. The fourth-order valence-electron chi connectivity index (χ4n) is 3.31. The lowest BCUT2D eigenvalue weighted by Crippen LogP contribution is -2.47. The minimum absolute atomic E-state index is 0.200. The number of likely N-dealkylation sites (N-methyl/N-ethyl adjacent to an activating group) is 1. The summed E-state index contributed by atoms with van der Waals surface area (Å²) in [5, 5.41) is 4.55. The third-order valence-electron chi connectivity index (χ3n) is 4.58. The number of hydrogen-bond acceptors (Lipinski definition) is 3. The summed E-state index contributed by atoms with van der Waals surface area (Å²) in [5.74, 6) is 0.899. The Balaban J connectivity index is 1.89. The summed E-state index contributed by atoms with van der Waals surface area (Å²) in [7, 11) is 2.03. The summed E-state index contributed by atoms with van der Waals surface area (Å²) < 4.78 is 6.38. The number of nitrogens with one attached hydrogen (secondary N) is 1. The molecule has 0 radical (unpaired) electrons. The lowest BCUT2D eigenvalue weighted by molar-refractivity contribution is 0.0568. The first-order valence-corrected chi connectivity index (χ1v) is 7.77. The number of hydrogen-bond donors (Lipinski definition) is 1. The second-order valence-electron chi connectivity index (χ2n) is 6.79. The summed E-state index contributed by atoms with van der Waals surface area (Å²) in [6.07, 6.45) is 5.50. The molecule has 3 nitrogen and oxygen atoms in total.